The Morgan fingerprint density at radius 2 is 1.89 bits per heavy atom. The maximum absolute atomic E-state index is 5.94. The molecule has 18 heavy (non-hydrogen) atoms. The number of fused-ring (bicyclic) bond motifs is 1. The molecule has 3 aliphatic rings. The van der Waals surface area contributed by atoms with Gasteiger partial charge in [0.05, 0.1) is 12.7 Å². The SMILES string of the molecule is CC(C)N1CCOC(CN2CC3CNCC3C2)C1. The number of morpholine rings is 1. The Hall–Kier alpha value is -0.160. The second kappa shape index (κ2) is 5.45. The smallest absolute Gasteiger partial charge is 0.0829 e. The number of hydrogen-bond donors (Lipinski definition) is 1. The quantitative estimate of drug-likeness (QED) is 0.780. The summed E-state index contributed by atoms with van der Waals surface area (Å²) in [6.45, 7) is 13.8. The Balaban J connectivity index is 1.48. The van der Waals surface area contributed by atoms with E-state index in [4.69, 9.17) is 4.74 Å². The van der Waals surface area contributed by atoms with Gasteiger partial charge in [0.2, 0.25) is 0 Å². The van der Waals surface area contributed by atoms with Crippen molar-refractivity contribution in [2.24, 2.45) is 11.8 Å². The monoisotopic (exact) mass is 253 g/mol. The number of likely N-dealkylation sites (tertiary alicyclic amines) is 1. The lowest BCUT2D eigenvalue weighted by atomic mass is 10.0. The summed E-state index contributed by atoms with van der Waals surface area (Å²) in [5.74, 6) is 1.80. The van der Waals surface area contributed by atoms with Crippen LogP contribution in [0, 0.1) is 11.8 Å². The van der Waals surface area contributed by atoms with E-state index in [9.17, 15) is 0 Å². The van der Waals surface area contributed by atoms with E-state index >= 15 is 0 Å². The molecule has 3 fully saturated rings. The molecule has 3 saturated heterocycles. The van der Waals surface area contributed by atoms with Crippen molar-refractivity contribution in [3.8, 4) is 0 Å². The van der Waals surface area contributed by atoms with Crippen molar-refractivity contribution in [1.29, 1.82) is 0 Å². The first-order chi connectivity index (χ1) is 8.72. The van der Waals surface area contributed by atoms with Crippen LogP contribution in [0.5, 0.6) is 0 Å². The molecule has 104 valence electrons. The first kappa shape index (κ1) is 12.9. The molecular formula is C14H27N3O. The molecule has 3 atom stereocenters. The highest BCUT2D eigenvalue weighted by Gasteiger charge is 2.37. The third-order valence-electron chi connectivity index (χ3n) is 4.83. The lowest BCUT2D eigenvalue weighted by molar-refractivity contribution is -0.0504. The molecule has 0 saturated carbocycles. The Bertz CT molecular complexity index is 272. The van der Waals surface area contributed by atoms with Gasteiger partial charge < -0.3 is 15.0 Å². The van der Waals surface area contributed by atoms with Crippen molar-refractivity contribution < 1.29 is 4.74 Å². The number of rotatable bonds is 3. The zero-order valence-electron chi connectivity index (χ0n) is 11.8. The predicted molar refractivity (Wildman–Crippen MR) is 72.7 cm³/mol. The van der Waals surface area contributed by atoms with Gasteiger partial charge in [0.1, 0.15) is 0 Å². The van der Waals surface area contributed by atoms with Crippen LogP contribution in [0.2, 0.25) is 0 Å². The van der Waals surface area contributed by atoms with E-state index in [1.807, 2.05) is 0 Å². The standard InChI is InChI=1S/C14H27N3O/c1-11(2)17-3-4-18-14(10-17)9-16-7-12-5-15-6-13(12)8-16/h11-15H,3-10H2,1-2H3. The van der Waals surface area contributed by atoms with Crippen LogP contribution >= 0.6 is 0 Å². The Kier molecular flexibility index (Phi) is 3.89. The molecule has 3 rings (SSSR count). The lowest BCUT2D eigenvalue weighted by Crippen LogP contribution is -2.49. The first-order valence-corrected chi connectivity index (χ1v) is 7.51. The van der Waals surface area contributed by atoms with Crippen molar-refractivity contribution in [1.82, 2.24) is 15.1 Å². The predicted octanol–water partition coefficient (Wildman–Crippen LogP) is 0.247. The highest BCUT2D eigenvalue weighted by atomic mass is 16.5. The van der Waals surface area contributed by atoms with Gasteiger partial charge in [-0.2, -0.15) is 0 Å². The van der Waals surface area contributed by atoms with Crippen LogP contribution in [0.3, 0.4) is 0 Å². The van der Waals surface area contributed by atoms with E-state index in [0.29, 0.717) is 12.1 Å². The molecule has 0 bridgehead atoms. The molecule has 4 nitrogen and oxygen atoms in total. The van der Waals surface area contributed by atoms with E-state index < -0.39 is 0 Å². The Labute approximate surface area is 111 Å². The van der Waals surface area contributed by atoms with E-state index in [1.54, 1.807) is 0 Å². The molecule has 1 N–H and O–H groups in total. The lowest BCUT2D eigenvalue weighted by Gasteiger charge is -2.37. The van der Waals surface area contributed by atoms with Crippen LogP contribution in [0.25, 0.3) is 0 Å². The van der Waals surface area contributed by atoms with Gasteiger partial charge in [0.15, 0.2) is 0 Å². The van der Waals surface area contributed by atoms with E-state index in [-0.39, 0.29) is 0 Å². The fourth-order valence-corrected chi connectivity index (χ4v) is 3.71. The molecule has 0 spiro atoms. The van der Waals surface area contributed by atoms with Crippen LogP contribution in [0.4, 0.5) is 0 Å². The molecule has 0 radical (unpaired) electrons. The van der Waals surface area contributed by atoms with Gasteiger partial charge in [-0.05, 0) is 38.8 Å². The van der Waals surface area contributed by atoms with E-state index in [0.717, 1.165) is 38.1 Å². The van der Waals surface area contributed by atoms with E-state index in [2.05, 4.69) is 29.0 Å². The van der Waals surface area contributed by atoms with Crippen LogP contribution in [0.15, 0.2) is 0 Å². The summed E-state index contributed by atoms with van der Waals surface area (Å²) in [5.41, 5.74) is 0. The summed E-state index contributed by atoms with van der Waals surface area (Å²) in [4.78, 5) is 5.18. The summed E-state index contributed by atoms with van der Waals surface area (Å²) in [5, 5.41) is 3.50. The zero-order chi connectivity index (χ0) is 12.5. The topological polar surface area (TPSA) is 27.7 Å². The van der Waals surface area contributed by atoms with Crippen molar-refractivity contribution in [3.63, 3.8) is 0 Å². The highest BCUT2D eigenvalue weighted by molar-refractivity contribution is 4.92. The summed E-state index contributed by atoms with van der Waals surface area (Å²) >= 11 is 0. The molecule has 0 aromatic carbocycles. The van der Waals surface area contributed by atoms with E-state index in [1.165, 1.54) is 26.2 Å². The minimum Gasteiger partial charge on any atom is -0.374 e. The molecular weight excluding hydrogens is 226 g/mol. The molecule has 0 aliphatic carbocycles. The molecule has 0 aromatic rings. The minimum atomic E-state index is 0.424. The second-order valence-electron chi connectivity index (χ2n) is 6.48. The Morgan fingerprint density at radius 3 is 2.56 bits per heavy atom. The normalized spacial score (nSPS) is 38.5. The molecule has 0 amide bonds. The van der Waals surface area contributed by atoms with Gasteiger partial charge in [-0.1, -0.05) is 0 Å². The maximum Gasteiger partial charge on any atom is 0.0829 e. The molecule has 4 heteroatoms. The summed E-state index contributed by atoms with van der Waals surface area (Å²) < 4.78 is 5.94. The summed E-state index contributed by atoms with van der Waals surface area (Å²) in [6, 6.07) is 0.651. The number of nitrogens with one attached hydrogen (secondary N) is 1. The molecule has 3 unspecified atom stereocenters. The molecule has 3 heterocycles. The van der Waals surface area contributed by atoms with Crippen molar-refractivity contribution in [2.45, 2.75) is 26.0 Å². The van der Waals surface area contributed by atoms with Crippen LogP contribution in [0.1, 0.15) is 13.8 Å². The highest BCUT2D eigenvalue weighted by Crippen LogP contribution is 2.26. The average Bonchev–Trinajstić information content (AvgIpc) is 2.90. The van der Waals surface area contributed by atoms with Gasteiger partial charge in [-0.3, -0.25) is 4.90 Å². The third kappa shape index (κ3) is 2.72. The van der Waals surface area contributed by atoms with Crippen molar-refractivity contribution in [2.75, 3.05) is 52.4 Å². The Morgan fingerprint density at radius 1 is 1.17 bits per heavy atom. The van der Waals surface area contributed by atoms with Crippen LogP contribution in [-0.2, 0) is 4.74 Å². The van der Waals surface area contributed by atoms with Gasteiger partial charge in [0, 0.05) is 38.8 Å². The number of hydrogen-bond acceptors (Lipinski definition) is 4. The van der Waals surface area contributed by atoms with Crippen LogP contribution < -0.4 is 5.32 Å². The molecule has 0 aromatic heterocycles. The van der Waals surface area contributed by atoms with Crippen molar-refractivity contribution in [3.05, 3.63) is 0 Å². The molecule has 3 aliphatic heterocycles. The van der Waals surface area contributed by atoms with Gasteiger partial charge in [0.25, 0.3) is 0 Å². The largest absolute Gasteiger partial charge is 0.374 e. The zero-order valence-corrected chi connectivity index (χ0v) is 11.8. The average molecular weight is 253 g/mol. The minimum absolute atomic E-state index is 0.424. The summed E-state index contributed by atoms with van der Waals surface area (Å²) in [6.07, 6.45) is 0.424. The fraction of sp³-hybridized carbons (Fsp3) is 1.00. The van der Waals surface area contributed by atoms with Gasteiger partial charge in [-0.15, -0.1) is 0 Å². The fourth-order valence-electron chi connectivity index (χ4n) is 3.71. The maximum atomic E-state index is 5.94. The summed E-state index contributed by atoms with van der Waals surface area (Å²) in [7, 11) is 0. The first-order valence-electron chi connectivity index (χ1n) is 7.51. The number of nitrogens with zero attached hydrogens (tertiary/aromatic N) is 2. The van der Waals surface area contributed by atoms with Crippen molar-refractivity contribution >= 4 is 0 Å². The number of ether oxygens (including phenoxy) is 1. The van der Waals surface area contributed by atoms with Crippen LogP contribution in [-0.4, -0.2) is 74.4 Å². The van der Waals surface area contributed by atoms with Gasteiger partial charge >= 0.3 is 0 Å². The van der Waals surface area contributed by atoms with Gasteiger partial charge in [-0.25, -0.2) is 0 Å². The third-order valence-corrected chi connectivity index (χ3v) is 4.83. The second-order valence-corrected chi connectivity index (χ2v) is 6.48.